The molecule has 0 radical (unpaired) electrons. The Morgan fingerprint density at radius 2 is 0.857 bits per heavy atom. The van der Waals surface area contributed by atoms with E-state index in [0.717, 1.165) is 17.0 Å². The molecule has 0 rings (SSSR count). The van der Waals surface area contributed by atoms with E-state index in [4.69, 9.17) is 0 Å². The van der Waals surface area contributed by atoms with Crippen LogP contribution in [0.2, 0.25) is 0 Å². The Kier molecular flexibility index (Phi) is 12.2. The van der Waals surface area contributed by atoms with Crippen LogP contribution in [0.4, 0.5) is 0 Å². The summed E-state index contributed by atoms with van der Waals surface area (Å²) in [6.45, 7) is 17.2. The van der Waals surface area contributed by atoms with Gasteiger partial charge in [-0.25, -0.2) is 0 Å². The van der Waals surface area contributed by atoms with Crippen molar-refractivity contribution >= 4 is 7.26 Å². The fraction of sp³-hybridized carbons (Fsp3) is 1.00. The van der Waals surface area contributed by atoms with E-state index in [0.29, 0.717) is 0 Å². The Labute approximate surface area is 137 Å². The Morgan fingerprint density at radius 3 is 1.19 bits per heavy atom. The summed E-state index contributed by atoms with van der Waals surface area (Å²) in [7, 11) is -0.782. The summed E-state index contributed by atoms with van der Waals surface area (Å²) >= 11 is 0. The fourth-order valence-electron chi connectivity index (χ4n) is 4.26. The van der Waals surface area contributed by atoms with E-state index >= 15 is 0 Å². The third-order valence-corrected chi connectivity index (χ3v) is 12.4. The monoisotopic (exact) mass is 315 g/mol. The first-order valence-electron chi connectivity index (χ1n) is 9.76. The zero-order chi connectivity index (χ0) is 16.3. The minimum atomic E-state index is -0.782. The van der Waals surface area contributed by atoms with Crippen LogP contribution in [0.1, 0.15) is 106 Å². The number of hydrogen-bond acceptors (Lipinski definition) is 0. The van der Waals surface area contributed by atoms with Crippen molar-refractivity contribution in [1.82, 2.24) is 0 Å². The van der Waals surface area contributed by atoms with Crippen LogP contribution in [-0.4, -0.2) is 23.1 Å². The summed E-state index contributed by atoms with van der Waals surface area (Å²) < 4.78 is 0. The predicted molar refractivity (Wildman–Crippen MR) is 104 cm³/mol. The molecule has 0 saturated heterocycles. The number of rotatable bonds is 13. The molecule has 1 heteroatoms. The SMILES string of the molecule is CCCCCCCCCCC[P+](C(C)C)(C(C)C)C(C)C. The highest BCUT2D eigenvalue weighted by Crippen LogP contribution is 2.70. The van der Waals surface area contributed by atoms with E-state index in [1.165, 1.54) is 63.9 Å². The zero-order valence-electron chi connectivity index (χ0n) is 16.3. The van der Waals surface area contributed by atoms with Crippen LogP contribution in [0.15, 0.2) is 0 Å². The summed E-state index contributed by atoms with van der Waals surface area (Å²) in [6, 6.07) is 0. The molecule has 0 aliphatic rings. The molecule has 0 aromatic heterocycles. The zero-order valence-corrected chi connectivity index (χ0v) is 17.1. The number of hydrogen-bond donors (Lipinski definition) is 0. The van der Waals surface area contributed by atoms with Crippen LogP contribution in [0.5, 0.6) is 0 Å². The molecule has 0 amide bonds. The van der Waals surface area contributed by atoms with E-state index in [-0.39, 0.29) is 0 Å². The summed E-state index contributed by atoms with van der Waals surface area (Å²) in [5, 5.41) is 0. The van der Waals surface area contributed by atoms with Crippen molar-refractivity contribution in [3.63, 3.8) is 0 Å². The van der Waals surface area contributed by atoms with Gasteiger partial charge >= 0.3 is 0 Å². The van der Waals surface area contributed by atoms with E-state index in [1.807, 2.05) is 0 Å². The Hall–Kier alpha value is 0.430. The highest BCUT2D eigenvalue weighted by molar-refractivity contribution is 7.77. The van der Waals surface area contributed by atoms with Crippen LogP contribution < -0.4 is 0 Å². The summed E-state index contributed by atoms with van der Waals surface area (Å²) in [6.07, 6.45) is 14.6. The number of unbranched alkanes of at least 4 members (excludes halogenated alkanes) is 8. The minimum Gasteiger partial charge on any atom is -0.0654 e. The van der Waals surface area contributed by atoms with E-state index in [1.54, 1.807) is 0 Å². The van der Waals surface area contributed by atoms with Gasteiger partial charge in [0.2, 0.25) is 0 Å². The lowest BCUT2D eigenvalue weighted by Crippen LogP contribution is -2.26. The van der Waals surface area contributed by atoms with Crippen molar-refractivity contribution < 1.29 is 0 Å². The lowest BCUT2D eigenvalue weighted by atomic mass is 10.1. The van der Waals surface area contributed by atoms with Crippen LogP contribution >= 0.6 is 7.26 Å². The topological polar surface area (TPSA) is 0 Å². The van der Waals surface area contributed by atoms with Gasteiger partial charge in [-0.2, -0.15) is 0 Å². The molecule has 0 saturated carbocycles. The molecule has 128 valence electrons. The molecular weight excluding hydrogens is 271 g/mol. The molecule has 0 fully saturated rings. The first-order valence-corrected chi connectivity index (χ1v) is 11.9. The average Bonchev–Trinajstić information content (AvgIpc) is 2.39. The average molecular weight is 316 g/mol. The smallest absolute Gasteiger partial charge is 0.0646 e. The van der Waals surface area contributed by atoms with Crippen LogP contribution in [0, 0.1) is 0 Å². The standard InChI is InChI=1S/C20H44P/c1-8-9-10-11-12-13-14-15-16-17-21(18(2)3,19(4)5)20(6)7/h18-20H,8-17H2,1-7H3/q+1. The Morgan fingerprint density at radius 1 is 0.524 bits per heavy atom. The maximum Gasteiger partial charge on any atom is 0.0646 e. The first kappa shape index (κ1) is 21.4. The maximum atomic E-state index is 2.49. The minimum absolute atomic E-state index is 0.782. The predicted octanol–water partition coefficient (Wildman–Crippen LogP) is 7.76. The molecular formula is C20H44P+. The first-order chi connectivity index (χ1) is 9.89. The van der Waals surface area contributed by atoms with Gasteiger partial charge in [-0.1, -0.05) is 51.9 Å². The lowest BCUT2D eigenvalue weighted by molar-refractivity contribution is 0.572. The lowest BCUT2D eigenvalue weighted by Gasteiger charge is -2.38. The molecule has 0 N–H and O–H groups in total. The van der Waals surface area contributed by atoms with Gasteiger partial charge in [-0.3, -0.25) is 0 Å². The van der Waals surface area contributed by atoms with Gasteiger partial charge in [0.1, 0.15) is 0 Å². The second kappa shape index (κ2) is 11.9. The van der Waals surface area contributed by atoms with Gasteiger partial charge in [0.05, 0.1) is 23.1 Å². The third-order valence-electron chi connectivity index (χ3n) is 5.53. The van der Waals surface area contributed by atoms with Crippen molar-refractivity contribution in [2.24, 2.45) is 0 Å². The van der Waals surface area contributed by atoms with Crippen LogP contribution in [0.25, 0.3) is 0 Å². The maximum absolute atomic E-state index is 2.49. The van der Waals surface area contributed by atoms with Gasteiger partial charge in [-0.15, -0.1) is 0 Å². The van der Waals surface area contributed by atoms with Gasteiger partial charge in [0, 0.05) is 7.26 Å². The molecule has 0 heterocycles. The molecule has 0 aromatic rings. The molecule has 0 spiro atoms. The normalized spacial score (nSPS) is 12.9. The van der Waals surface area contributed by atoms with E-state index < -0.39 is 7.26 Å². The molecule has 0 aromatic carbocycles. The summed E-state index contributed by atoms with van der Waals surface area (Å²) in [4.78, 5) is 0. The van der Waals surface area contributed by atoms with Crippen LogP contribution in [-0.2, 0) is 0 Å². The van der Waals surface area contributed by atoms with Gasteiger partial charge < -0.3 is 0 Å². The highest BCUT2D eigenvalue weighted by atomic mass is 31.2. The van der Waals surface area contributed by atoms with Crippen LogP contribution in [0.3, 0.4) is 0 Å². The van der Waals surface area contributed by atoms with Crippen molar-refractivity contribution in [2.75, 3.05) is 6.16 Å². The molecule has 0 aliphatic carbocycles. The van der Waals surface area contributed by atoms with Gasteiger partial charge in [-0.05, 0) is 54.4 Å². The van der Waals surface area contributed by atoms with Crippen molar-refractivity contribution in [2.45, 2.75) is 123 Å². The molecule has 0 bridgehead atoms. The largest absolute Gasteiger partial charge is 0.0654 e. The second-order valence-electron chi connectivity index (χ2n) is 7.83. The molecule has 0 atom stereocenters. The van der Waals surface area contributed by atoms with Crippen molar-refractivity contribution in [3.05, 3.63) is 0 Å². The van der Waals surface area contributed by atoms with E-state index in [9.17, 15) is 0 Å². The molecule has 0 unspecified atom stereocenters. The summed E-state index contributed by atoms with van der Waals surface area (Å²) in [5.74, 6) is 0. The Balaban J connectivity index is 3.95. The molecule has 0 aliphatic heterocycles. The van der Waals surface area contributed by atoms with E-state index in [2.05, 4.69) is 48.5 Å². The van der Waals surface area contributed by atoms with Crippen molar-refractivity contribution in [1.29, 1.82) is 0 Å². The van der Waals surface area contributed by atoms with Gasteiger partial charge in [0.25, 0.3) is 0 Å². The highest BCUT2D eigenvalue weighted by Gasteiger charge is 2.46. The molecule has 0 nitrogen and oxygen atoms in total. The van der Waals surface area contributed by atoms with Crippen molar-refractivity contribution in [3.8, 4) is 0 Å². The molecule has 21 heavy (non-hydrogen) atoms. The van der Waals surface area contributed by atoms with Gasteiger partial charge in [0.15, 0.2) is 0 Å². The third kappa shape index (κ3) is 7.49. The second-order valence-corrected chi connectivity index (χ2v) is 13.4. The Bertz CT molecular complexity index is 208. The summed E-state index contributed by atoms with van der Waals surface area (Å²) in [5.41, 5.74) is 2.73. The fourth-order valence-corrected chi connectivity index (χ4v) is 10.2. The quantitative estimate of drug-likeness (QED) is 0.240.